The van der Waals surface area contributed by atoms with Crippen LogP contribution in [-0.2, 0) is 38.4 Å². The van der Waals surface area contributed by atoms with Crippen molar-refractivity contribution in [2.24, 2.45) is 28.8 Å². The highest BCUT2D eigenvalue weighted by molar-refractivity contribution is 6.54. The van der Waals surface area contributed by atoms with Gasteiger partial charge in [0, 0.05) is 36.8 Å². The fraction of sp³-hybridized carbons (Fsp3) is 0.700. The van der Waals surface area contributed by atoms with Crippen LogP contribution < -0.4 is 9.64 Å². The first-order chi connectivity index (χ1) is 19.7. The maximum absolute atomic E-state index is 13.2. The molecule has 1 unspecified atom stereocenters. The third-order valence-corrected chi connectivity index (χ3v) is 9.59. The summed E-state index contributed by atoms with van der Waals surface area (Å²) in [6.07, 6.45) is 2.75. The molecule has 5 fully saturated rings. The lowest BCUT2D eigenvalue weighted by molar-refractivity contribution is -0.576. The van der Waals surface area contributed by atoms with Gasteiger partial charge in [0.05, 0.1) is 12.8 Å². The number of rotatable bonds is 8. The lowest BCUT2D eigenvalue weighted by Crippen LogP contribution is -2.70. The molecule has 1 aromatic rings. The summed E-state index contributed by atoms with van der Waals surface area (Å²) >= 11 is 0. The van der Waals surface area contributed by atoms with Crippen molar-refractivity contribution in [3.8, 4) is 5.75 Å². The monoisotopic (exact) mass is 572 g/mol. The molecule has 5 heterocycles. The fourth-order valence-corrected chi connectivity index (χ4v) is 7.44. The molecule has 224 valence electrons. The van der Waals surface area contributed by atoms with Gasteiger partial charge < -0.3 is 28.7 Å². The summed E-state index contributed by atoms with van der Waals surface area (Å²) in [5.41, 5.74) is 0.860. The molecule has 11 heteroatoms. The Balaban J connectivity index is 1.11. The van der Waals surface area contributed by atoms with Crippen LogP contribution in [0.3, 0.4) is 0 Å². The number of fused-ring (bicyclic) bond motifs is 3. The molecule has 2 bridgehead atoms. The van der Waals surface area contributed by atoms with Gasteiger partial charge in [-0.2, -0.15) is 0 Å². The molecule has 4 saturated heterocycles. The molecule has 0 aromatic heterocycles. The van der Waals surface area contributed by atoms with Crippen molar-refractivity contribution in [3.05, 3.63) is 23.8 Å². The van der Waals surface area contributed by atoms with E-state index in [0.717, 1.165) is 25.7 Å². The van der Waals surface area contributed by atoms with Gasteiger partial charge in [0.15, 0.2) is 17.6 Å². The first kappa shape index (κ1) is 28.4. The summed E-state index contributed by atoms with van der Waals surface area (Å²) in [5.74, 6) is -0.264. The van der Waals surface area contributed by atoms with E-state index in [-0.39, 0.29) is 41.8 Å². The highest BCUT2D eigenvalue weighted by Crippen LogP contribution is 2.60. The van der Waals surface area contributed by atoms with E-state index in [2.05, 4.69) is 19.0 Å². The molecule has 7 rings (SSSR count). The van der Waals surface area contributed by atoms with Crippen LogP contribution in [0.5, 0.6) is 5.75 Å². The zero-order chi connectivity index (χ0) is 28.9. The van der Waals surface area contributed by atoms with Gasteiger partial charge in [0.25, 0.3) is 5.91 Å². The molecule has 0 N–H and O–H groups in total. The summed E-state index contributed by atoms with van der Waals surface area (Å²) in [5, 5.41) is 4.04. The molecule has 1 spiro atoms. The number of carbonyl (C=O) groups excluding carboxylic acids is 2. The molecule has 1 saturated carbocycles. The highest BCUT2D eigenvalue weighted by Gasteiger charge is 2.69. The number of oxime groups is 1. The first-order valence-corrected chi connectivity index (χ1v) is 14.8. The average Bonchev–Trinajstić information content (AvgIpc) is 3.04. The van der Waals surface area contributed by atoms with Crippen LogP contribution in [0.25, 0.3) is 0 Å². The van der Waals surface area contributed by atoms with Crippen LogP contribution >= 0.6 is 0 Å². The van der Waals surface area contributed by atoms with E-state index < -0.39 is 24.0 Å². The number of amides is 1. The molecule has 6 aliphatic rings. The molecule has 1 aromatic carbocycles. The van der Waals surface area contributed by atoms with E-state index in [1.165, 1.54) is 0 Å². The van der Waals surface area contributed by atoms with E-state index in [1.54, 1.807) is 31.1 Å². The quantitative estimate of drug-likeness (QED) is 0.255. The number of nitrogens with zero attached hydrogens (tertiary/aromatic N) is 2. The van der Waals surface area contributed by atoms with Crippen molar-refractivity contribution in [2.45, 2.75) is 90.2 Å². The van der Waals surface area contributed by atoms with E-state index in [4.69, 9.17) is 33.6 Å². The molecule has 8 atom stereocenters. The first-order valence-electron chi connectivity index (χ1n) is 14.8. The third-order valence-electron chi connectivity index (χ3n) is 9.59. The predicted molar refractivity (Wildman–Crippen MR) is 146 cm³/mol. The number of anilines is 1. The molecule has 41 heavy (non-hydrogen) atoms. The smallest absolute Gasteiger partial charge is 0.308 e. The van der Waals surface area contributed by atoms with Crippen LogP contribution in [0.15, 0.2) is 23.4 Å². The molecule has 0 radical (unpaired) electrons. The van der Waals surface area contributed by atoms with Crippen molar-refractivity contribution in [3.63, 3.8) is 0 Å². The number of hydrogen-bond acceptors (Lipinski definition) is 10. The van der Waals surface area contributed by atoms with Gasteiger partial charge in [0.1, 0.15) is 12.4 Å². The Morgan fingerprint density at radius 2 is 2.00 bits per heavy atom. The van der Waals surface area contributed by atoms with Crippen molar-refractivity contribution in [1.82, 2.24) is 0 Å². The molecule has 5 aliphatic heterocycles. The second-order valence-electron chi connectivity index (χ2n) is 12.1. The van der Waals surface area contributed by atoms with Crippen LogP contribution in [0.2, 0.25) is 0 Å². The zero-order valence-corrected chi connectivity index (χ0v) is 24.4. The lowest BCUT2D eigenvalue weighted by atomic mass is 9.58. The Bertz CT molecular complexity index is 1220. The van der Waals surface area contributed by atoms with Crippen molar-refractivity contribution in [2.75, 3.05) is 25.2 Å². The predicted octanol–water partition coefficient (Wildman–Crippen LogP) is 4.31. The highest BCUT2D eigenvalue weighted by atomic mass is 17.3. The SMILES string of the molecule is CCON=C1C(=O)N(CCCC(=O)OC2O[C@@H]3O[C@@]4(C)CC[C@H]5[C@H](C)CC[C@@H]([C@H]2C)[C@@]35OO4)c2ccc(OC)cc21. The van der Waals surface area contributed by atoms with E-state index in [0.29, 0.717) is 42.5 Å². The minimum atomic E-state index is -0.889. The van der Waals surface area contributed by atoms with Gasteiger partial charge in [-0.25, -0.2) is 9.78 Å². The van der Waals surface area contributed by atoms with Gasteiger partial charge in [-0.1, -0.05) is 19.0 Å². The summed E-state index contributed by atoms with van der Waals surface area (Å²) in [6.45, 7) is 8.65. The molecular formula is C30H40N2O9. The number of hydrogen-bond donors (Lipinski definition) is 0. The van der Waals surface area contributed by atoms with Gasteiger partial charge >= 0.3 is 5.97 Å². The van der Waals surface area contributed by atoms with E-state index in [1.807, 2.05) is 13.0 Å². The maximum atomic E-state index is 13.2. The van der Waals surface area contributed by atoms with Crippen LogP contribution in [-0.4, -0.2) is 61.8 Å². The number of ether oxygens (including phenoxy) is 4. The minimum Gasteiger partial charge on any atom is -0.497 e. The Hall–Kier alpha value is -2.73. The summed E-state index contributed by atoms with van der Waals surface area (Å²) < 4.78 is 24.0. The Labute approximate surface area is 240 Å². The Kier molecular flexibility index (Phi) is 7.50. The molecule has 1 amide bonds. The minimum absolute atomic E-state index is 0.0710. The van der Waals surface area contributed by atoms with Gasteiger partial charge in [-0.3, -0.25) is 9.59 Å². The van der Waals surface area contributed by atoms with Gasteiger partial charge in [-0.15, -0.1) is 0 Å². The lowest BCUT2D eigenvalue weighted by Gasteiger charge is -2.59. The second-order valence-corrected chi connectivity index (χ2v) is 12.1. The zero-order valence-electron chi connectivity index (χ0n) is 24.4. The second kappa shape index (κ2) is 10.8. The van der Waals surface area contributed by atoms with Gasteiger partial charge in [0.2, 0.25) is 12.1 Å². The topological polar surface area (TPSA) is 114 Å². The van der Waals surface area contributed by atoms with Crippen LogP contribution in [0.1, 0.15) is 71.8 Å². The summed E-state index contributed by atoms with van der Waals surface area (Å²) in [6, 6.07) is 5.37. The normalized spacial score (nSPS) is 38.3. The molecule has 1 aliphatic carbocycles. The van der Waals surface area contributed by atoms with E-state index >= 15 is 0 Å². The van der Waals surface area contributed by atoms with Crippen LogP contribution in [0.4, 0.5) is 5.69 Å². The Morgan fingerprint density at radius 1 is 1.17 bits per heavy atom. The largest absolute Gasteiger partial charge is 0.497 e. The molecule has 11 nitrogen and oxygen atoms in total. The standard InChI is InChI=1S/C30H40N2O9/c1-6-36-31-25-20-16-19(35-5)10-12-23(20)32(26(25)34)15-7-8-24(33)37-27-18(3)22-11-9-17(2)21-13-14-29(4)39-28(38-27)30(21,22)41-40-29/h10,12,16-18,21-22,27-28H,6-9,11,13-15H2,1-5H3/t17-,18-,21+,22+,27?,28-,29-,30-/m1/s1. The fourth-order valence-electron chi connectivity index (χ4n) is 7.44. The summed E-state index contributed by atoms with van der Waals surface area (Å²) in [4.78, 5) is 45.1. The van der Waals surface area contributed by atoms with Crippen molar-refractivity contribution in [1.29, 1.82) is 0 Å². The third kappa shape index (κ3) is 4.70. The maximum Gasteiger partial charge on any atom is 0.308 e. The number of carbonyl (C=O) groups is 2. The molecular weight excluding hydrogens is 532 g/mol. The number of esters is 1. The van der Waals surface area contributed by atoms with E-state index in [9.17, 15) is 9.59 Å². The Morgan fingerprint density at radius 3 is 2.78 bits per heavy atom. The van der Waals surface area contributed by atoms with Crippen molar-refractivity contribution < 1.29 is 43.1 Å². The summed E-state index contributed by atoms with van der Waals surface area (Å²) in [7, 11) is 1.57. The number of methoxy groups -OCH3 is 1. The van der Waals surface area contributed by atoms with Crippen LogP contribution in [0, 0.1) is 23.7 Å². The van der Waals surface area contributed by atoms with Crippen molar-refractivity contribution >= 4 is 23.3 Å². The number of benzene rings is 1. The van der Waals surface area contributed by atoms with Gasteiger partial charge in [-0.05, 0) is 69.6 Å². The average molecular weight is 573 g/mol.